The number of ether oxygens (including phenoxy) is 2. The van der Waals surface area contributed by atoms with E-state index in [0.717, 1.165) is 0 Å². The molecule has 0 amide bonds. The smallest absolute Gasteiger partial charge is 0.497 e. The minimum atomic E-state index is -4.83. The van der Waals surface area contributed by atoms with E-state index in [0.29, 0.717) is 39.0 Å². The average molecular weight is 439 g/mol. The molecule has 8 heteroatoms. The Hall–Kier alpha value is -4.07. The van der Waals surface area contributed by atoms with Crippen molar-refractivity contribution in [3.63, 3.8) is 0 Å². The van der Waals surface area contributed by atoms with Crippen LogP contribution in [0.3, 0.4) is 0 Å². The van der Waals surface area contributed by atoms with Gasteiger partial charge in [0.15, 0.2) is 0 Å². The Morgan fingerprint density at radius 2 is 1.62 bits per heavy atom. The van der Waals surface area contributed by atoms with Gasteiger partial charge in [-0.3, -0.25) is 0 Å². The number of alkyl halides is 3. The highest BCUT2D eigenvalue weighted by Crippen LogP contribution is 2.34. The van der Waals surface area contributed by atoms with Gasteiger partial charge in [0.05, 0.1) is 23.9 Å². The van der Waals surface area contributed by atoms with E-state index in [4.69, 9.17) is 4.74 Å². The van der Waals surface area contributed by atoms with Crippen LogP contribution in [-0.2, 0) is 0 Å². The highest BCUT2D eigenvalue weighted by Gasteiger charge is 2.31. The van der Waals surface area contributed by atoms with Crippen molar-refractivity contribution in [2.45, 2.75) is 6.36 Å². The van der Waals surface area contributed by atoms with Crippen LogP contribution in [0, 0.1) is 0 Å². The van der Waals surface area contributed by atoms with Crippen LogP contribution in [0.1, 0.15) is 10.4 Å². The highest BCUT2D eigenvalue weighted by atomic mass is 19.4. The number of carboxylic acid groups (broad SMARTS) is 1. The van der Waals surface area contributed by atoms with Crippen LogP contribution < -0.4 is 9.47 Å². The van der Waals surface area contributed by atoms with Gasteiger partial charge in [-0.05, 0) is 48.0 Å². The van der Waals surface area contributed by atoms with Crippen LogP contribution in [0.15, 0.2) is 72.8 Å². The number of hydrogen-bond acceptors (Lipinski definition) is 4. The number of hydrogen-bond donors (Lipinski definition) is 1. The molecule has 1 aromatic heterocycles. The van der Waals surface area contributed by atoms with Crippen LogP contribution in [0.2, 0.25) is 0 Å². The van der Waals surface area contributed by atoms with Crippen LogP contribution in [0.5, 0.6) is 11.5 Å². The Labute approximate surface area is 180 Å². The number of carbonyl (C=O) groups is 1. The number of methoxy groups -OCH3 is 1. The molecule has 0 saturated carbocycles. The fourth-order valence-corrected chi connectivity index (χ4v) is 3.43. The van der Waals surface area contributed by atoms with E-state index in [2.05, 4.69) is 9.72 Å². The van der Waals surface area contributed by atoms with Gasteiger partial charge in [0.25, 0.3) is 0 Å². The van der Waals surface area contributed by atoms with E-state index in [1.165, 1.54) is 31.4 Å². The molecule has 162 valence electrons. The van der Waals surface area contributed by atoms with Gasteiger partial charge in [0.1, 0.15) is 11.5 Å². The Kier molecular flexibility index (Phi) is 5.44. The minimum absolute atomic E-state index is 0.0327. The molecule has 4 aromatic rings. The minimum Gasteiger partial charge on any atom is -0.497 e. The fourth-order valence-electron chi connectivity index (χ4n) is 3.43. The maximum Gasteiger partial charge on any atom is 0.573 e. The van der Waals surface area contributed by atoms with Gasteiger partial charge in [-0.1, -0.05) is 30.3 Å². The number of aromatic carboxylic acids is 1. The average Bonchev–Trinajstić information content (AvgIpc) is 2.77. The monoisotopic (exact) mass is 439 g/mol. The molecule has 32 heavy (non-hydrogen) atoms. The zero-order valence-electron chi connectivity index (χ0n) is 16.7. The SMILES string of the molecule is COc1ccc(-c2cc(C(=O)O)c3cccc(-c4cccc(OC(F)(F)F)c4)c3n2)cc1. The number of fused-ring (bicyclic) bond motifs is 1. The molecule has 5 nitrogen and oxygen atoms in total. The van der Waals surface area contributed by atoms with E-state index >= 15 is 0 Å². The highest BCUT2D eigenvalue weighted by molar-refractivity contribution is 6.07. The van der Waals surface area contributed by atoms with E-state index < -0.39 is 12.3 Å². The summed E-state index contributed by atoms with van der Waals surface area (Å²) in [7, 11) is 1.54. The lowest BCUT2D eigenvalue weighted by molar-refractivity contribution is -0.274. The van der Waals surface area contributed by atoms with E-state index in [-0.39, 0.29) is 11.3 Å². The van der Waals surface area contributed by atoms with Crippen molar-refractivity contribution in [2.75, 3.05) is 7.11 Å². The molecule has 0 aliphatic rings. The predicted molar refractivity (Wildman–Crippen MR) is 113 cm³/mol. The molecular weight excluding hydrogens is 423 g/mol. The third-order valence-electron chi connectivity index (χ3n) is 4.83. The lowest BCUT2D eigenvalue weighted by Crippen LogP contribution is -2.17. The summed E-state index contributed by atoms with van der Waals surface area (Å²) in [6.07, 6.45) is -4.83. The lowest BCUT2D eigenvalue weighted by atomic mass is 9.97. The van der Waals surface area contributed by atoms with Crippen molar-refractivity contribution in [1.29, 1.82) is 0 Å². The van der Waals surface area contributed by atoms with Crippen LogP contribution >= 0.6 is 0 Å². The molecule has 0 aliphatic carbocycles. The number of rotatable bonds is 5. The summed E-state index contributed by atoms with van der Waals surface area (Å²) in [5.74, 6) is -0.884. The summed E-state index contributed by atoms with van der Waals surface area (Å²) >= 11 is 0. The number of nitrogens with zero attached hydrogens (tertiary/aromatic N) is 1. The summed E-state index contributed by atoms with van der Waals surface area (Å²) in [6.45, 7) is 0. The van der Waals surface area contributed by atoms with Gasteiger partial charge in [0, 0.05) is 16.5 Å². The third-order valence-corrected chi connectivity index (χ3v) is 4.83. The maximum atomic E-state index is 12.7. The molecule has 1 heterocycles. The largest absolute Gasteiger partial charge is 0.573 e. The van der Waals surface area contributed by atoms with Gasteiger partial charge in [-0.15, -0.1) is 13.2 Å². The quantitative estimate of drug-likeness (QED) is 0.403. The zero-order valence-corrected chi connectivity index (χ0v) is 16.7. The molecule has 0 bridgehead atoms. The second-order valence-electron chi connectivity index (χ2n) is 6.87. The maximum absolute atomic E-state index is 12.7. The second-order valence-corrected chi connectivity index (χ2v) is 6.87. The van der Waals surface area contributed by atoms with Gasteiger partial charge in [0.2, 0.25) is 0 Å². The summed E-state index contributed by atoms with van der Waals surface area (Å²) in [4.78, 5) is 16.6. The molecule has 0 aliphatic heterocycles. The third kappa shape index (κ3) is 4.34. The Morgan fingerprint density at radius 1 is 0.906 bits per heavy atom. The van der Waals surface area contributed by atoms with Crippen molar-refractivity contribution in [2.24, 2.45) is 0 Å². The van der Waals surface area contributed by atoms with Gasteiger partial charge in [-0.25, -0.2) is 9.78 Å². The van der Waals surface area contributed by atoms with Crippen molar-refractivity contribution >= 4 is 16.9 Å². The van der Waals surface area contributed by atoms with E-state index in [1.54, 1.807) is 48.5 Å². The molecule has 0 unspecified atom stereocenters. The molecule has 0 fully saturated rings. The molecule has 0 spiro atoms. The number of para-hydroxylation sites is 1. The number of halogens is 3. The molecule has 0 atom stereocenters. The molecule has 0 saturated heterocycles. The van der Waals surface area contributed by atoms with Gasteiger partial charge >= 0.3 is 12.3 Å². The first-order valence-electron chi connectivity index (χ1n) is 9.43. The van der Waals surface area contributed by atoms with Crippen molar-refractivity contribution in [3.8, 4) is 33.9 Å². The number of carboxylic acids is 1. The number of pyridine rings is 1. The Bertz CT molecular complexity index is 1300. The Balaban J connectivity index is 1.92. The van der Waals surface area contributed by atoms with Crippen LogP contribution in [-0.4, -0.2) is 29.5 Å². The zero-order chi connectivity index (χ0) is 22.9. The molecule has 4 rings (SSSR count). The van der Waals surface area contributed by atoms with Crippen molar-refractivity contribution in [1.82, 2.24) is 4.98 Å². The number of benzene rings is 3. The molecule has 3 aromatic carbocycles. The topological polar surface area (TPSA) is 68.7 Å². The first-order valence-corrected chi connectivity index (χ1v) is 9.43. The summed E-state index contributed by atoms with van der Waals surface area (Å²) in [6, 6.07) is 18.8. The van der Waals surface area contributed by atoms with Gasteiger partial charge in [-0.2, -0.15) is 0 Å². The molecule has 0 radical (unpaired) electrons. The van der Waals surface area contributed by atoms with Crippen LogP contribution in [0.4, 0.5) is 13.2 Å². The molecule has 1 N–H and O–H groups in total. The Morgan fingerprint density at radius 3 is 2.28 bits per heavy atom. The van der Waals surface area contributed by atoms with Crippen molar-refractivity contribution in [3.05, 3.63) is 78.4 Å². The second kappa shape index (κ2) is 8.22. The van der Waals surface area contributed by atoms with Gasteiger partial charge < -0.3 is 14.6 Å². The number of aromatic nitrogens is 1. The lowest BCUT2D eigenvalue weighted by Gasteiger charge is -2.13. The first kappa shape index (κ1) is 21.2. The predicted octanol–water partition coefficient (Wildman–Crippen LogP) is 6.17. The first-order chi connectivity index (χ1) is 15.2. The van der Waals surface area contributed by atoms with E-state index in [9.17, 15) is 23.1 Å². The van der Waals surface area contributed by atoms with Crippen molar-refractivity contribution < 1.29 is 32.5 Å². The summed E-state index contributed by atoms with van der Waals surface area (Å²) in [5, 5.41) is 10.1. The van der Waals surface area contributed by atoms with Crippen LogP contribution in [0.25, 0.3) is 33.3 Å². The fraction of sp³-hybridized carbons (Fsp3) is 0.0833. The summed E-state index contributed by atoms with van der Waals surface area (Å²) < 4.78 is 47.1. The standard InChI is InChI=1S/C24H16F3NO4/c1-31-16-10-8-14(9-11-16)21-13-20(23(29)30)19-7-3-6-18(22(19)28-21)15-4-2-5-17(12-15)32-24(25,26)27/h2-13H,1H3,(H,29,30). The van der Waals surface area contributed by atoms with E-state index in [1.807, 2.05) is 0 Å². The molecular formula is C24H16F3NO4. The normalized spacial score (nSPS) is 11.4. The summed E-state index contributed by atoms with van der Waals surface area (Å²) in [5.41, 5.74) is 2.35.